The van der Waals surface area contributed by atoms with Crippen LogP contribution in [0.3, 0.4) is 0 Å². The minimum Gasteiger partial charge on any atom is -0.303 e. The van der Waals surface area contributed by atoms with E-state index in [1.165, 1.54) is 25.7 Å². The largest absolute Gasteiger partial charge is 0.303 e. The molecule has 0 aromatic carbocycles. The number of nitrogens with one attached hydrogen (secondary N) is 1. The van der Waals surface area contributed by atoms with Crippen molar-refractivity contribution in [2.45, 2.75) is 45.6 Å². The van der Waals surface area contributed by atoms with Gasteiger partial charge in [0.15, 0.2) is 0 Å². The highest BCUT2D eigenvalue weighted by molar-refractivity contribution is 5.03. The summed E-state index contributed by atoms with van der Waals surface area (Å²) in [5.41, 5.74) is 0. The van der Waals surface area contributed by atoms with E-state index in [1.54, 1.807) is 0 Å². The van der Waals surface area contributed by atoms with E-state index in [0.717, 1.165) is 18.4 Å². The van der Waals surface area contributed by atoms with Crippen LogP contribution < -0.4 is 5.32 Å². The van der Waals surface area contributed by atoms with Gasteiger partial charge in [0.1, 0.15) is 0 Å². The Morgan fingerprint density at radius 1 is 1.54 bits per heavy atom. The normalized spacial score (nSPS) is 29.9. The van der Waals surface area contributed by atoms with E-state index < -0.39 is 0 Å². The van der Waals surface area contributed by atoms with Crippen LogP contribution in [0.4, 0.5) is 0 Å². The predicted molar refractivity (Wildman–Crippen MR) is 57.4 cm³/mol. The van der Waals surface area contributed by atoms with Crippen LogP contribution in [0, 0.1) is 24.2 Å². The zero-order valence-electron chi connectivity index (χ0n) is 8.84. The quantitative estimate of drug-likeness (QED) is 0.654. The van der Waals surface area contributed by atoms with Crippen molar-refractivity contribution in [2.24, 2.45) is 11.8 Å². The maximum atomic E-state index is 5.53. The van der Waals surface area contributed by atoms with Crippen molar-refractivity contribution in [3.05, 3.63) is 0 Å². The van der Waals surface area contributed by atoms with Gasteiger partial charge in [0.2, 0.25) is 0 Å². The molecule has 1 nitrogen and oxygen atoms in total. The molecule has 0 saturated heterocycles. The van der Waals surface area contributed by atoms with E-state index >= 15 is 0 Å². The van der Waals surface area contributed by atoms with Gasteiger partial charge < -0.3 is 5.32 Å². The molecule has 0 bridgehead atoms. The molecule has 74 valence electrons. The smallest absolute Gasteiger partial charge is 0.0715 e. The zero-order valence-corrected chi connectivity index (χ0v) is 8.84. The number of hydrogen-bond donors (Lipinski definition) is 1. The summed E-state index contributed by atoms with van der Waals surface area (Å²) in [5.74, 6) is 4.50. The lowest BCUT2D eigenvalue weighted by Crippen LogP contribution is -2.34. The van der Waals surface area contributed by atoms with E-state index in [-0.39, 0.29) is 0 Å². The molecular formula is C12H21N. The molecule has 1 aliphatic carbocycles. The molecule has 0 radical (unpaired) electrons. The lowest BCUT2D eigenvalue weighted by atomic mass is 9.97. The molecule has 0 amide bonds. The first-order chi connectivity index (χ1) is 6.27. The molecule has 0 aromatic rings. The Labute approximate surface area is 82.3 Å². The Bertz CT molecular complexity index is 180. The summed E-state index contributed by atoms with van der Waals surface area (Å²) in [4.78, 5) is 0. The average Bonchev–Trinajstić information content (AvgIpc) is 2.54. The average molecular weight is 179 g/mol. The van der Waals surface area contributed by atoms with Gasteiger partial charge in [-0.25, -0.2) is 0 Å². The van der Waals surface area contributed by atoms with Crippen molar-refractivity contribution in [1.82, 2.24) is 5.32 Å². The third kappa shape index (κ3) is 3.04. The standard InChI is InChI=1S/C12H21N/c1-4-8-13-12(5-2)11-7-6-10(3)9-11/h2,10-13H,4,6-9H2,1,3H3. The molecule has 0 heterocycles. The van der Waals surface area contributed by atoms with Gasteiger partial charge in [-0.1, -0.05) is 26.2 Å². The van der Waals surface area contributed by atoms with Crippen LogP contribution in [0.1, 0.15) is 39.5 Å². The van der Waals surface area contributed by atoms with Crippen molar-refractivity contribution >= 4 is 0 Å². The minimum atomic E-state index is 0.324. The van der Waals surface area contributed by atoms with Crippen molar-refractivity contribution < 1.29 is 0 Å². The first-order valence-electron chi connectivity index (χ1n) is 5.47. The maximum Gasteiger partial charge on any atom is 0.0715 e. The van der Waals surface area contributed by atoms with Crippen LogP contribution in [-0.2, 0) is 0 Å². The van der Waals surface area contributed by atoms with E-state index in [1.807, 2.05) is 0 Å². The SMILES string of the molecule is C#CC(NCCC)C1CCC(C)C1. The van der Waals surface area contributed by atoms with E-state index in [2.05, 4.69) is 25.1 Å². The summed E-state index contributed by atoms with van der Waals surface area (Å²) in [6.07, 6.45) is 10.7. The van der Waals surface area contributed by atoms with E-state index in [0.29, 0.717) is 6.04 Å². The van der Waals surface area contributed by atoms with Gasteiger partial charge in [0.25, 0.3) is 0 Å². The molecule has 3 atom stereocenters. The summed E-state index contributed by atoms with van der Waals surface area (Å²) in [7, 11) is 0. The zero-order chi connectivity index (χ0) is 9.68. The van der Waals surface area contributed by atoms with Crippen LogP contribution in [-0.4, -0.2) is 12.6 Å². The molecule has 1 saturated carbocycles. The molecule has 1 rings (SSSR count). The van der Waals surface area contributed by atoms with Gasteiger partial charge in [-0.05, 0) is 37.6 Å². The Kier molecular flexibility index (Phi) is 4.32. The third-order valence-corrected chi connectivity index (χ3v) is 3.00. The van der Waals surface area contributed by atoms with Crippen molar-refractivity contribution in [3.8, 4) is 12.3 Å². The van der Waals surface area contributed by atoms with Crippen LogP contribution in [0.2, 0.25) is 0 Å². The molecule has 1 heteroatoms. The predicted octanol–water partition coefficient (Wildman–Crippen LogP) is 2.42. The lowest BCUT2D eigenvalue weighted by molar-refractivity contribution is 0.412. The fourth-order valence-corrected chi connectivity index (χ4v) is 2.22. The molecule has 3 unspecified atom stereocenters. The van der Waals surface area contributed by atoms with Gasteiger partial charge in [0, 0.05) is 0 Å². The molecule has 1 fully saturated rings. The van der Waals surface area contributed by atoms with Crippen molar-refractivity contribution in [2.75, 3.05) is 6.54 Å². The Balaban J connectivity index is 2.34. The van der Waals surface area contributed by atoms with Gasteiger partial charge >= 0.3 is 0 Å². The topological polar surface area (TPSA) is 12.0 Å². The van der Waals surface area contributed by atoms with Crippen LogP contribution in [0.5, 0.6) is 0 Å². The second kappa shape index (κ2) is 5.29. The summed E-state index contributed by atoms with van der Waals surface area (Å²) < 4.78 is 0. The molecule has 0 aliphatic heterocycles. The molecular weight excluding hydrogens is 158 g/mol. The van der Waals surface area contributed by atoms with Crippen molar-refractivity contribution in [3.63, 3.8) is 0 Å². The second-order valence-electron chi connectivity index (χ2n) is 4.28. The van der Waals surface area contributed by atoms with E-state index in [4.69, 9.17) is 6.42 Å². The van der Waals surface area contributed by atoms with Gasteiger partial charge in [-0.15, -0.1) is 6.42 Å². The van der Waals surface area contributed by atoms with Crippen LogP contribution in [0.15, 0.2) is 0 Å². The molecule has 1 aliphatic rings. The first-order valence-corrected chi connectivity index (χ1v) is 5.47. The van der Waals surface area contributed by atoms with Gasteiger partial charge in [-0.2, -0.15) is 0 Å². The number of rotatable bonds is 4. The fraction of sp³-hybridized carbons (Fsp3) is 0.833. The molecule has 13 heavy (non-hydrogen) atoms. The highest BCUT2D eigenvalue weighted by atomic mass is 14.9. The molecule has 0 aromatic heterocycles. The summed E-state index contributed by atoms with van der Waals surface area (Å²) in [6.45, 7) is 5.56. The number of terminal acetylenes is 1. The lowest BCUT2D eigenvalue weighted by Gasteiger charge is -2.19. The first kappa shape index (κ1) is 10.6. The fourth-order valence-electron chi connectivity index (χ4n) is 2.22. The number of hydrogen-bond acceptors (Lipinski definition) is 1. The van der Waals surface area contributed by atoms with Gasteiger partial charge in [-0.3, -0.25) is 0 Å². The van der Waals surface area contributed by atoms with Crippen molar-refractivity contribution in [1.29, 1.82) is 0 Å². The summed E-state index contributed by atoms with van der Waals surface area (Å²) >= 11 is 0. The van der Waals surface area contributed by atoms with Crippen LogP contribution >= 0.6 is 0 Å². The monoisotopic (exact) mass is 179 g/mol. The summed E-state index contributed by atoms with van der Waals surface area (Å²) in [6, 6.07) is 0.324. The van der Waals surface area contributed by atoms with E-state index in [9.17, 15) is 0 Å². The highest BCUT2D eigenvalue weighted by Crippen LogP contribution is 2.32. The molecule has 0 spiro atoms. The Hall–Kier alpha value is -0.480. The third-order valence-electron chi connectivity index (χ3n) is 3.00. The minimum absolute atomic E-state index is 0.324. The van der Waals surface area contributed by atoms with Crippen LogP contribution in [0.25, 0.3) is 0 Å². The molecule has 1 N–H and O–H groups in total. The Morgan fingerprint density at radius 2 is 2.31 bits per heavy atom. The van der Waals surface area contributed by atoms with Gasteiger partial charge in [0.05, 0.1) is 6.04 Å². The Morgan fingerprint density at radius 3 is 2.77 bits per heavy atom. The highest BCUT2D eigenvalue weighted by Gasteiger charge is 2.26. The summed E-state index contributed by atoms with van der Waals surface area (Å²) in [5, 5.41) is 3.45. The maximum absolute atomic E-state index is 5.53. The second-order valence-corrected chi connectivity index (χ2v) is 4.28.